The number of amides is 4. The quantitative estimate of drug-likeness (QED) is 0.211. The Kier molecular flexibility index (Phi) is 6.81. The molecule has 4 amide bonds. The number of urea groups is 1. The maximum absolute atomic E-state index is 13.1. The van der Waals surface area contributed by atoms with E-state index in [4.69, 9.17) is 27.9 Å². The lowest BCUT2D eigenvalue weighted by Crippen LogP contribution is -2.54. The van der Waals surface area contributed by atoms with Crippen LogP contribution in [-0.4, -0.2) is 22.8 Å². The van der Waals surface area contributed by atoms with Crippen molar-refractivity contribution in [1.29, 1.82) is 0 Å². The molecule has 0 spiro atoms. The minimum Gasteiger partial charge on any atom is -0.488 e. The Morgan fingerprint density at radius 3 is 2.51 bits per heavy atom. The van der Waals surface area contributed by atoms with Gasteiger partial charge in [-0.2, -0.15) is 0 Å². The molecule has 3 aromatic rings. The lowest BCUT2D eigenvalue weighted by atomic mass is 10.1. The molecule has 0 aromatic heterocycles. The van der Waals surface area contributed by atoms with Crippen LogP contribution in [0.2, 0.25) is 10.0 Å². The number of hydrogen-bond donors (Lipinski definition) is 1. The summed E-state index contributed by atoms with van der Waals surface area (Å²) in [6, 6.07) is 15.6. The van der Waals surface area contributed by atoms with Crippen molar-refractivity contribution in [2.45, 2.75) is 6.61 Å². The summed E-state index contributed by atoms with van der Waals surface area (Å²) >= 11 is 12.1. The molecule has 9 nitrogen and oxygen atoms in total. The fourth-order valence-electron chi connectivity index (χ4n) is 3.32. The van der Waals surface area contributed by atoms with Gasteiger partial charge in [0.05, 0.1) is 10.6 Å². The molecule has 1 N–H and O–H groups in total. The molecule has 176 valence electrons. The summed E-state index contributed by atoms with van der Waals surface area (Å²) in [6.07, 6.45) is 1.28. The van der Waals surface area contributed by atoms with Gasteiger partial charge in [0.1, 0.15) is 17.9 Å². The molecule has 0 saturated carbocycles. The Bertz CT molecular complexity index is 1410. The number of nitro groups is 1. The topological polar surface area (TPSA) is 119 Å². The molecule has 1 aliphatic heterocycles. The van der Waals surface area contributed by atoms with Crippen LogP contribution in [0.25, 0.3) is 6.08 Å². The SMILES string of the molecule is O=C1NC(=O)N(c2cccc([N+](=O)[O-])c2)C(=O)/C1=C/c1ccccc1OCc1ccc(Cl)cc1Cl. The van der Waals surface area contributed by atoms with Crippen LogP contribution in [0.3, 0.4) is 0 Å². The van der Waals surface area contributed by atoms with Crippen LogP contribution in [0.4, 0.5) is 16.2 Å². The molecule has 0 unspecified atom stereocenters. The smallest absolute Gasteiger partial charge is 0.335 e. The number of barbiturate groups is 1. The van der Waals surface area contributed by atoms with E-state index in [-0.39, 0.29) is 23.6 Å². The number of imide groups is 2. The van der Waals surface area contributed by atoms with Crippen LogP contribution >= 0.6 is 23.2 Å². The van der Waals surface area contributed by atoms with Gasteiger partial charge in [0.25, 0.3) is 17.5 Å². The molecule has 0 radical (unpaired) electrons. The van der Waals surface area contributed by atoms with Crippen molar-refractivity contribution >= 4 is 58.5 Å². The number of ether oxygens (including phenoxy) is 1. The molecular weight excluding hydrogens is 497 g/mol. The Balaban J connectivity index is 1.65. The van der Waals surface area contributed by atoms with Gasteiger partial charge in [-0.1, -0.05) is 53.5 Å². The highest BCUT2D eigenvalue weighted by Crippen LogP contribution is 2.28. The van der Waals surface area contributed by atoms with Crippen LogP contribution in [-0.2, 0) is 16.2 Å². The average molecular weight is 512 g/mol. The highest BCUT2D eigenvalue weighted by Gasteiger charge is 2.37. The van der Waals surface area contributed by atoms with Crippen molar-refractivity contribution < 1.29 is 24.0 Å². The number of nitrogens with one attached hydrogen (secondary N) is 1. The summed E-state index contributed by atoms with van der Waals surface area (Å²) in [7, 11) is 0. The van der Waals surface area contributed by atoms with Gasteiger partial charge >= 0.3 is 6.03 Å². The molecule has 0 bridgehead atoms. The van der Waals surface area contributed by atoms with Gasteiger partial charge in [-0.15, -0.1) is 0 Å². The first-order valence-corrected chi connectivity index (χ1v) is 10.8. The van der Waals surface area contributed by atoms with Gasteiger partial charge in [0, 0.05) is 33.3 Å². The number of carbonyl (C=O) groups is 3. The molecule has 0 atom stereocenters. The summed E-state index contributed by atoms with van der Waals surface area (Å²) in [5.74, 6) is -1.49. The molecule has 11 heteroatoms. The van der Waals surface area contributed by atoms with Crippen molar-refractivity contribution in [1.82, 2.24) is 5.32 Å². The Morgan fingerprint density at radius 2 is 1.77 bits per heavy atom. The third-order valence-corrected chi connectivity index (χ3v) is 5.60. The third-order valence-electron chi connectivity index (χ3n) is 5.02. The third kappa shape index (κ3) is 5.16. The van der Waals surface area contributed by atoms with Crippen molar-refractivity contribution in [3.05, 3.63) is 104 Å². The Labute approximate surface area is 208 Å². The van der Waals surface area contributed by atoms with E-state index in [1.54, 1.807) is 42.5 Å². The molecule has 1 heterocycles. The summed E-state index contributed by atoms with van der Waals surface area (Å²) in [6.45, 7) is 0.0919. The number of para-hydroxylation sites is 1. The van der Waals surface area contributed by atoms with E-state index < -0.39 is 22.8 Å². The van der Waals surface area contributed by atoms with Gasteiger partial charge in [-0.3, -0.25) is 25.0 Å². The van der Waals surface area contributed by atoms with Gasteiger partial charge in [-0.25, -0.2) is 9.69 Å². The van der Waals surface area contributed by atoms with E-state index in [1.165, 1.54) is 24.3 Å². The molecule has 35 heavy (non-hydrogen) atoms. The van der Waals surface area contributed by atoms with Crippen molar-refractivity contribution in [2.75, 3.05) is 4.90 Å². The average Bonchev–Trinajstić information content (AvgIpc) is 2.82. The maximum Gasteiger partial charge on any atom is 0.335 e. The van der Waals surface area contributed by atoms with E-state index >= 15 is 0 Å². The van der Waals surface area contributed by atoms with Gasteiger partial charge in [0.2, 0.25) is 0 Å². The minimum absolute atomic E-state index is 0.0537. The lowest BCUT2D eigenvalue weighted by Gasteiger charge is -2.26. The normalized spacial score (nSPS) is 14.7. The van der Waals surface area contributed by atoms with E-state index in [0.29, 0.717) is 31.8 Å². The first-order chi connectivity index (χ1) is 16.7. The Morgan fingerprint density at radius 1 is 1.00 bits per heavy atom. The zero-order valence-electron chi connectivity index (χ0n) is 17.7. The van der Waals surface area contributed by atoms with Gasteiger partial charge in [0.15, 0.2) is 0 Å². The number of nitro benzene ring substituents is 1. The summed E-state index contributed by atoms with van der Waals surface area (Å²) in [4.78, 5) is 49.2. The molecule has 0 aliphatic carbocycles. The lowest BCUT2D eigenvalue weighted by molar-refractivity contribution is -0.384. The number of carbonyl (C=O) groups excluding carboxylic acids is 3. The van der Waals surface area contributed by atoms with Crippen LogP contribution in [0.5, 0.6) is 5.75 Å². The largest absolute Gasteiger partial charge is 0.488 e. The van der Waals surface area contributed by atoms with E-state index in [0.717, 1.165) is 6.07 Å². The van der Waals surface area contributed by atoms with Crippen LogP contribution in [0, 0.1) is 10.1 Å². The molecule has 1 saturated heterocycles. The highest BCUT2D eigenvalue weighted by molar-refractivity contribution is 6.39. The van der Waals surface area contributed by atoms with Crippen molar-refractivity contribution in [2.24, 2.45) is 0 Å². The molecule has 4 rings (SSSR count). The predicted octanol–water partition coefficient (Wildman–Crippen LogP) is 5.15. The monoisotopic (exact) mass is 511 g/mol. The number of rotatable bonds is 6. The van der Waals surface area contributed by atoms with E-state index in [1.807, 2.05) is 0 Å². The molecule has 1 fully saturated rings. The molecule has 3 aromatic carbocycles. The van der Waals surface area contributed by atoms with E-state index in [2.05, 4.69) is 5.32 Å². The van der Waals surface area contributed by atoms with Crippen LogP contribution in [0.15, 0.2) is 72.3 Å². The number of benzene rings is 3. The fourth-order valence-corrected chi connectivity index (χ4v) is 3.78. The first kappa shape index (κ1) is 23.9. The first-order valence-electron chi connectivity index (χ1n) is 10.1. The minimum atomic E-state index is -1.01. The van der Waals surface area contributed by atoms with Crippen molar-refractivity contribution in [3.8, 4) is 5.75 Å². The zero-order valence-corrected chi connectivity index (χ0v) is 19.2. The summed E-state index contributed by atoms with van der Waals surface area (Å²) in [5, 5.41) is 14.1. The standard InChI is InChI=1S/C24H15Cl2N3O6/c25-16-9-8-15(20(26)11-16)13-35-21-7-2-1-4-14(21)10-19-22(30)27-24(32)28(23(19)31)17-5-3-6-18(12-17)29(33)34/h1-12H,13H2,(H,27,30,32)/b19-10+. The number of halogens is 2. The van der Waals surface area contributed by atoms with Crippen LogP contribution < -0.4 is 15.0 Å². The number of non-ortho nitro benzene ring substituents is 1. The number of hydrogen-bond acceptors (Lipinski definition) is 6. The maximum atomic E-state index is 13.1. The fraction of sp³-hybridized carbons (Fsp3) is 0.0417. The second kappa shape index (κ2) is 9.96. The van der Waals surface area contributed by atoms with Crippen LogP contribution in [0.1, 0.15) is 11.1 Å². The predicted molar refractivity (Wildman–Crippen MR) is 129 cm³/mol. The second-order valence-electron chi connectivity index (χ2n) is 7.30. The van der Waals surface area contributed by atoms with Gasteiger partial charge in [-0.05, 0) is 30.3 Å². The molecule has 1 aliphatic rings. The van der Waals surface area contributed by atoms with Crippen molar-refractivity contribution in [3.63, 3.8) is 0 Å². The molecular formula is C24H15Cl2N3O6. The Hall–Kier alpha value is -4.21. The summed E-state index contributed by atoms with van der Waals surface area (Å²) < 4.78 is 5.86. The second-order valence-corrected chi connectivity index (χ2v) is 8.14. The van der Waals surface area contributed by atoms with E-state index in [9.17, 15) is 24.5 Å². The highest BCUT2D eigenvalue weighted by atomic mass is 35.5. The summed E-state index contributed by atoms with van der Waals surface area (Å²) in [5.41, 5.74) is 0.348. The van der Waals surface area contributed by atoms with Gasteiger partial charge < -0.3 is 4.74 Å². The number of nitrogens with zero attached hydrogens (tertiary/aromatic N) is 2. The zero-order chi connectivity index (χ0) is 25.1. The number of anilines is 1.